The average Bonchev–Trinajstić information content (AvgIpc) is 2.34. The quantitative estimate of drug-likeness (QED) is 0.363. The number of nitro benzene ring substituents is 1. The van der Waals surface area contributed by atoms with E-state index in [1.54, 1.807) is 6.07 Å². The number of nitro groups is 1. The number of methoxy groups -OCH3 is 1. The molecule has 0 radical (unpaired) electrons. The van der Waals surface area contributed by atoms with Gasteiger partial charge in [-0.2, -0.15) is 0 Å². The molecule has 0 aliphatic rings. The molecule has 0 aliphatic heterocycles. The molecule has 0 unspecified atom stereocenters. The Morgan fingerprint density at radius 2 is 2.24 bits per heavy atom. The molecule has 90 valence electrons. The average molecular weight is 300 g/mol. The van der Waals surface area contributed by atoms with Gasteiger partial charge in [0.1, 0.15) is 6.61 Å². The van der Waals surface area contributed by atoms with Crippen molar-refractivity contribution in [3.63, 3.8) is 0 Å². The molecule has 5 nitrogen and oxygen atoms in total. The van der Waals surface area contributed by atoms with E-state index >= 15 is 0 Å². The fourth-order valence-corrected chi connectivity index (χ4v) is 1.71. The van der Waals surface area contributed by atoms with Gasteiger partial charge in [0.15, 0.2) is 11.5 Å². The highest BCUT2D eigenvalue weighted by Crippen LogP contribution is 2.35. The zero-order valence-corrected chi connectivity index (χ0v) is 10.7. The zero-order valence-electron chi connectivity index (χ0n) is 9.10. The predicted octanol–water partition coefficient (Wildman–Crippen LogP) is 2.51. The molecule has 0 saturated carbocycles. The zero-order chi connectivity index (χ0) is 12.8. The molecule has 0 atom stereocenters. The van der Waals surface area contributed by atoms with Gasteiger partial charge in [0.2, 0.25) is 0 Å². The number of rotatable bonds is 5. The summed E-state index contributed by atoms with van der Waals surface area (Å²) < 4.78 is 10.3. The number of hydrogen-bond acceptors (Lipinski definition) is 4. The Hall–Kier alpha value is -1.74. The molecular weight excluding hydrogens is 290 g/mol. The lowest BCUT2D eigenvalue weighted by Crippen LogP contribution is -2.00. The van der Waals surface area contributed by atoms with Crippen LogP contribution in [-0.4, -0.2) is 18.6 Å². The summed E-state index contributed by atoms with van der Waals surface area (Å²) >= 11 is 3.18. The minimum Gasteiger partial charge on any atom is -0.493 e. The van der Waals surface area contributed by atoms with Crippen LogP contribution in [0, 0.1) is 22.5 Å². The van der Waals surface area contributed by atoms with Crippen LogP contribution in [0.15, 0.2) is 12.1 Å². The monoisotopic (exact) mass is 299 g/mol. The first-order chi connectivity index (χ1) is 8.13. The lowest BCUT2D eigenvalue weighted by molar-refractivity contribution is -0.385. The van der Waals surface area contributed by atoms with Crippen molar-refractivity contribution in [3.8, 4) is 23.8 Å². The van der Waals surface area contributed by atoms with Crippen LogP contribution < -0.4 is 9.47 Å². The number of ether oxygens (including phenoxy) is 2. The van der Waals surface area contributed by atoms with Crippen molar-refractivity contribution in [3.05, 3.63) is 27.8 Å². The summed E-state index contributed by atoms with van der Waals surface area (Å²) in [6, 6.07) is 2.87. The molecule has 0 bridgehead atoms. The first-order valence-electron chi connectivity index (χ1n) is 4.61. The first kappa shape index (κ1) is 13.3. The van der Waals surface area contributed by atoms with Crippen molar-refractivity contribution in [1.29, 1.82) is 0 Å². The van der Waals surface area contributed by atoms with E-state index in [0.717, 1.165) is 0 Å². The Morgan fingerprint density at radius 3 is 2.71 bits per heavy atom. The van der Waals surface area contributed by atoms with Gasteiger partial charge in [-0.1, -0.05) is 21.9 Å². The lowest BCUT2D eigenvalue weighted by atomic mass is 10.2. The number of terminal acetylenes is 1. The van der Waals surface area contributed by atoms with Gasteiger partial charge in [0.25, 0.3) is 5.69 Å². The van der Waals surface area contributed by atoms with E-state index in [9.17, 15) is 10.1 Å². The summed E-state index contributed by atoms with van der Waals surface area (Å²) in [5, 5.41) is 11.2. The van der Waals surface area contributed by atoms with Crippen LogP contribution in [0.25, 0.3) is 0 Å². The number of halogens is 1. The van der Waals surface area contributed by atoms with Gasteiger partial charge in [-0.15, -0.1) is 6.42 Å². The normalized spacial score (nSPS) is 9.47. The molecular formula is C11H10BrNO4. The maximum absolute atomic E-state index is 10.9. The van der Waals surface area contributed by atoms with Gasteiger partial charge in [-0.3, -0.25) is 10.1 Å². The van der Waals surface area contributed by atoms with Gasteiger partial charge >= 0.3 is 0 Å². The molecule has 0 N–H and O–H groups in total. The molecule has 0 aliphatic carbocycles. The molecule has 1 rings (SSSR count). The maximum Gasteiger partial charge on any atom is 0.277 e. The van der Waals surface area contributed by atoms with Gasteiger partial charge < -0.3 is 9.47 Å². The van der Waals surface area contributed by atoms with Crippen LogP contribution in [0.5, 0.6) is 11.5 Å². The minimum absolute atomic E-state index is 0.0289. The first-order valence-corrected chi connectivity index (χ1v) is 5.73. The summed E-state index contributed by atoms with van der Waals surface area (Å²) in [7, 11) is 1.46. The van der Waals surface area contributed by atoms with Crippen molar-refractivity contribution in [2.45, 2.75) is 5.33 Å². The standard InChI is InChI=1S/C11H10BrNO4/c1-3-4-17-11-6-9(13(14)15)8(7-12)5-10(11)16-2/h1,5-6H,4,7H2,2H3. The van der Waals surface area contributed by atoms with Crippen molar-refractivity contribution in [2.24, 2.45) is 0 Å². The molecule has 0 aromatic heterocycles. The molecule has 0 spiro atoms. The van der Waals surface area contributed by atoms with E-state index in [4.69, 9.17) is 15.9 Å². The van der Waals surface area contributed by atoms with Crippen LogP contribution in [0.3, 0.4) is 0 Å². The second-order valence-corrected chi connectivity index (χ2v) is 3.58. The third-order valence-corrected chi connectivity index (χ3v) is 2.62. The fourth-order valence-electron chi connectivity index (χ4n) is 1.26. The molecule has 1 aromatic carbocycles. The van der Waals surface area contributed by atoms with Gasteiger partial charge in [0.05, 0.1) is 18.1 Å². The van der Waals surface area contributed by atoms with E-state index in [1.807, 2.05) is 0 Å². The minimum atomic E-state index is -0.473. The SMILES string of the molecule is C#CCOc1cc([N+](=O)[O-])c(CBr)cc1OC. The molecule has 6 heteroatoms. The van der Waals surface area contributed by atoms with Crippen molar-refractivity contribution in [1.82, 2.24) is 0 Å². The number of alkyl halides is 1. The summed E-state index contributed by atoms with van der Waals surface area (Å²) in [6.07, 6.45) is 5.06. The van der Waals surface area contributed by atoms with E-state index < -0.39 is 4.92 Å². The van der Waals surface area contributed by atoms with Crippen LogP contribution in [0.4, 0.5) is 5.69 Å². The smallest absolute Gasteiger partial charge is 0.277 e. The lowest BCUT2D eigenvalue weighted by Gasteiger charge is -2.10. The Bertz CT molecular complexity index is 467. The molecule has 17 heavy (non-hydrogen) atoms. The van der Waals surface area contributed by atoms with Gasteiger partial charge in [0, 0.05) is 10.9 Å². The molecule has 0 fully saturated rings. The maximum atomic E-state index is 10.9. The topological polar surface area (TPSA) is 61.6 Å². The second kappa shape index (κ2) is 6.11. The van der Waals surface area contributed by atoms with Crippen LogP contribution in [0.1, 0.15) is 5.56 Å². The molecule has 0 saturated heterocycles. The van der Waals surface area contributed by atoms with Crippen LogP contribution in [0.2, 0.25) is 0 Å². The van der Waals surface area contributed by atoms with E-state index in [2.05, 4.69) is 21.9 Å². The van der Waals surface area contributed by atoms with Crippen molar-refractivity contribution < 1.29 is 14.4 Å². The highest BCUT2D eigenvalue weighted by Gasteiger charge is 2.18. The van der Waals surface area contributed by atoms with Crippen LogP contribution >= 0.6 is 15.9 Å². The van der Waals surface area contributed by atoms with Crippen molar-refractivity contribution in [2.75, 3.05) is 13.7 Å². The molecule has 1 aromatic rings. The highest BCUT2D eigenvalue weighted by molar-refractivity contribution is 9.08. The number of nitrogens with zero attached hydrogens (tertiary/aromatic N) is 1. The molecule has 0 heterocycles. The Balaban J connectivity index is 3.24. The summed E-state index contributed by atoms with van der Waals surface area (Å²) in [6.45, 7) is 0.0289. The van der Waals surface area contributed by atoms with Gasteiger partial charge in [-0.05, 0) is 6.07 Å². The third-order valence-electron chi connectivity index (χ3n) is 2.02. The summed E-state index contributed by atoms with van der Waals surface area (Å²) in [4.78, 5) is 10.4. The van der Waals surface area contributed by atoms with E-state index in [-0.39, 0.29) is 18.0 Å². The fraction of sp³-hybridized carbons (Fsp3) is 0.273. The second-order valence-electron chi connectivity index (χ2n) is 3.02. The van der Waals surface area contributed by atoms with E-state index in [1.165, 1.54) is 13.2 Å². The van der Waals surface area contributed by atoms with E-state index in [0.29, 0.717) is 16.6 Å². The Kier molecular flexibility index (Phi) is 4.79. The van der Waals surface area contributed by atoms with Crippen molar-refractivity contribution >= 4 is 21.6 Å². The largest absolute Gasteiger partial charge is 0.493 e. The number of hydrogen-bond donors (Lipinski definition) is 0. The predicted molar refractivity (Wildman–Crippen MR) is 66.6 cm³/mol. The molecule has 0 amide bonds. The Morgan fingerprint density at radius 1 is 1.53 bits per heavy atom. The van der Waals surface area contributed by atoms with Crippen LogP contribution in [-0.2, 0) is 5.33 Å². The summed E-state index contributed by atoms with van der Waals surface area (Å²) in [5.74, 6) is 2.97. The third kappa shape index (κ3) is 3.11. The summed E-state index contributed by atoms with van der Waals surface area (Å²) in [5.41, 5.74) is 0.481. The number of benzene rings is 1. The van der Waals surface area contributed by atoms with Gasteiger partial charge in [-0.25, -0.2) is 0 Å². The Labute approximate surface area is 107 Å². The highest BCUT2D eigenvalue weighted by atomic mass is 79.9.